The molecule has 3 heteroatoms. The lowest BCUT2D eigenvalue weighted by molar-refractivity contribution is 0.639. The Morgan fingerprint density at radius 1 is 0.232 bits per heavy atom. The number of aryl methyl sites for hydroxylation is 5. The number of nitrogens with zero attached hydrogens (tertiary/aromatic N) is 3. The summed E-state index contributed by atoms with van der Waals surface area (Å²) in [6.45, 7) is 30.6. The minimum absolute atomic E-state index is 0.178. The molecule has 0 aromatic heterocycles. The molecule has 3 nitrogen and oxygen atoms in total. The van der Waals surface area contributed by atoms with E-state index >= 15 is 0 Å². The SMILES string of the molecule is Cc1ccc(N(c2ccc(N(c3ccc(C)cc3)c3cc4c5c(c3)C(C)(C)c3cccc6c(C)cc(c-5c36)C4(C)C)cc2)c2ccc(N(c3ccc(C)cc3)c3cc4c5c(c3)C(C)(C)c3cccc6c(C)cc(c-5c36)C4(C)C)cc2)cc1. The first kappa shape index (κ1) is 50.3. The minimum atomic E-state index is -0.209. The topological polar surface area (TPSA) is 9.72 Å². The van der Waals surface area contributed by atoms with E-state index in [-0.39, 0.29) is 21.7 Å². The number of benzene rings is 11. The highest BCUT2D eigenvalue weighted by Crippen LogP contribution is 2.63. The Kier molecular flexibility index (Phi) is 10.5. The molecule has 15 rings (SSSR count). The molecule has 11 aromatic rings. The summed E-state index contributed by atoms with van der Waals surface area (Å²) >= 11 is 0. The van der Waals surface area contributed by atoms with Crippen LogP contribution in [-0.4, -0.2) is 0 Å². The third-order valence-electron chi connectivity index (χ3n) is 20.0. The van der Waals surface area contributed by atoms with Crippen LogP contribution in [0.5, 0.6) is 0 Å². The lowest BCUT2D eigenvalue weighted by atomic mass is 9.68. The lowest BCUT2D eigenvalue weighted by Gasteiger charge is -2.37. The maximum absolute atomic E-state index is 2.51. The van der Waals surface area contributed by atoms with Crippen LogP contribution in [0.25, 0.3) is 43.8 Å². The molecule has 0 atom stereocenters. The van der Waals surface area contributed by atoms with Crippen molar-refractivity contribution in [2.24, 2.45) is 0 Å². The van der Waals surface area contributed by atoms with Crippen LogP contribution >= 0.6 is 0 Å². The van der Waals surface area contributed by atoms with Crippen LogP contribution in [0.15, 0.2) is 194 Å². The van der Waals surface area contributed by atoms with E-state index in [1.807, 2.05) is 0 Å². The Morgan fingerprint density at radius 2 is 0.463 bits per heavy atom. The van der Waals surface area contributed by atoms with Crippen molar-refractivity contribution in [1.82, 2.24) is 0 Å². The molecule has 82 heavy (non-hydrogen) atoms. The molecule has 0 bridgehead atoms. The van der Waals surface area contributed by atoms with Crippen LogP contribution in [-0.2, 0) is 21.7 Å². The number of hydrogen-bond donors (Lipinski definition) is 0. The van der Waals surface area contributed by atoms with Crippen molar-refractivity contribution >= 4 is 72.7 Å². The molecule has 402 valence electrons. The number of anilines is 9. The van der Waals surface area contributed by atoms with Gasteiger partial charge in [-0.2, -0.15) is 0 Å². The Labute approximate surface area is 485 Å². The molecule has 0 aliphatic heterocycles. The van der Waals surface area contributed by atoms with E-state index in [1.165, 1.54) is 127 Å². The Bertz CT molecular complexity index is 4240. The molecule has 0 unspecified atom stereocenters. The van der Waals surface area contributed by atoms with Crippen LogP contribution in [0.2, 0.25) is 0 Å². The number of hydrogen-bond acceptors (Lipinski definition) is 3. The van der Waals surface area contributed by atoms with Crippen molar-refractivity contribution in [3.63, 3.8) is 0 Å². The van der Waals surface area contributed by atoms with Gasteiger partial charge in [-0.25, -0.2) is 0 Å². The molecule has 0 amide bonds. The molecule has 0 heterocycles. The molecule has 0 radical (unpaired) electrons. The van der Waals surface area contributed by atoms with Crippen molar-refractivity contribution in [2.45, 2.75) is 112 Å². The average Bonchev–Trinajstić information content (AvgIpc) is 1.79. The highest BCUT2D eigenvalue weighted by Gasteiger charge is 2.48. The summed E-state index contributed by atoms with van der Waals surface area (Å²) in [4.78, 5) is 7.37. The van der Waals surface area contributed by atoms with E-state index in [9.17, 15) is 0 Å². The van der Waals surface area contributed by atoms with Gasteiger partial charge in [0.1, 0.15) is 0 Å². The van der Waals surface area contributed by atoms with Crippen LogP contribution < -0.4 is 14.7 Å². The van der Waals surface area contributed by atoms with Gasteiger partial charge in [-0.15, -0.1) is 0 Å². The standard InChI is InChI=1S/C79H71N3/c1-46-20-26-51(27-21-46)80(54-32-36-56(37-33-54)81(52-28-22-47(2)23-29-52)58-42-66-72-68(44-58)78(10,11)64-40-49(4)60-16-14-18-62(76(66,6)7)70(60)74(64)72)55-34-38-57(39-35-55)82(53-30-24-48(3)25-31-53)59-43-67-73-69(45-59)79(12,13)65-41-50(5)61-17-15-19-63(77(67,8)9)71(61)75(65)73/h14-45H,1-13H3. The zero-order valence-electron chi connectivity index (χ0n) is 49.8. The lowest BCUT2D eigenvalue weighted by Crippen LogP contribution is -2.25. The fourth-order valence-corrected chi connectivity index (χ4v) is 15.4. The fourth-order valence-electron chi connectivity index (χ4n) is 15.4. The Hall–Kier alpha value is -8.66. The molecule has 4 aliphatic rings. The monoisotopic (exact) mass is 1060 g/mol. The van der Waals surface area contributed by atoms with Gasteiger partial charge >= 0.3 is 0 Å². The van der Waals surface area contributed by atoms with Crippen molar-refractivity contribution in [3.05, 3.63) is 266 Å². The van der Waals surface area contributed by atoms with E-state index < -0.39 is 0 Å². The minimum Gasteiger partial charge on any atom is -0.311 e. The van der Waals surface area contributed by atoms with Gasteiger partial charge in [0.05, 0.1) is 0 Å². The highest BCUT2D eigenvalue weighted by molar-refractivity contribution is 6.11. The molecule has 0 saturated heterocycles. The van der Waals surface area contributed by atoms with Crippen molar-refractivity contribution < 1.29 is 0 Å². The molecule has 0 fully saturated rings. The van der Waals surface area contributed by atoms with Gasteiger partial charge in [0.15, 0.2) is 0 Å². The van der Waals surface area contributed by atoms with E-state index in [2.05, 4.69) is 299 Å². The van der Waals surface area contributed by atoms with Gasteiger partial charge in [-0.3, -0.25) is 0 Å². The molecule has 4 aliphatic carbocycles. The maximum Gasteiger partial charge on any atom is 0.0468 e. The Morgan fingerprint density at radius 3 is 0.744 bits per heavy atom. The highest BCUT2D eigenvalue weighted by atomic mass is 15.2. The zero-order valence-corrected chi connectivity index (χ0v) is 49.8. The third-order valence-corrected chi connectivity index (χ3v) is 20.0. The van der Waals surface area contributed by atoms with Crippen molar-refractivity contribution in [3.8, 4) is 22.3 Å². The summed E-state index contributed by atoms with van der Waals surface area (Å²) < 4.78 is 0. The largest absolute Gasteiger partial charge is 0.311 e. The van der Waals surface area contributed by atoms with Gasteiger partial charge in [0.25, 0.3) is 0 Å². The van der Waals surface area contributed by atoms with Gasteiger partial charge in [0, 0.05) is 72.8 Å². The van der Waals surface area contributed by atoms with E-state index in [0.29, 0.717) is 0 Å². The summed E-state index contributed by atoms with van der Waals surface area (Å²) in [7, 11) is 0. The van der Waals surface area contributed by atoms with Crippen molar-refractivity contribution in [1.29, 1.82) is 0 Å². The molecule has 11 aromatic carbocycles. The first-order valence-corrected chi connectivity index (χ1v) is 29.6. The predicted molar refractivity (Wildman–Crippen MR) is 349 cm³/mol. The van der Waals surface area contributed by atoms with Crippen LogP contribution in [0.4, 0.5) is 51.2 Å². The van der Waals surface area contributed by atoms with Gasteiger partial charge in [-0.1, -0.05) is 157 Å². The van der Waals surface area contributed by atoms with Gasteiger partial charge in [-0.05, 0) is 243 Å². The van der Waals surface area contributed by atoms with Crippen molar-refractivity contribution in [2.75, 3.05) is 14.7 Å². The third kappa shape index (κ3) is 6.95. The Balaban J connectivity index is 0.849. The predicted octanol–water partition coefficient (Wildman–Crippen LogP) is 21.8. The smallest absolute Gasteiger partial charge is 0.0468 e. The van der Waals surface area contributed by atoms with E-state index in [1.54, 1.807) is 0 Å². The zero-order chi connectivity index (χ0) is 56.7. The molecule has 0 saturated carbocycles. The molecular formula is C79H71N3. The van der Waals surface area contributed by atoms with E-state index in [4.69, 9.17) is 0 Å². The van der Waals surface area contributed by atoms with Gasteiger partial charge in [0.2, 0.25) is 0 Å². The first-order valence-electron chi connectivity index (χ1n) is 29.6. The normalized spacial score (nSPS) is 15.5. The molecule has 0 spiro atoms. The quantitative estimate of drug-likeness (QED) is 0.143. The molecule has 0 N–H and O–H groups in total. The average molecular weight is 1060 g/mol. The van der Waals surface area contributed by atoms with E-state index in [0.717, 1.165) is 39.8 Å². The number of rotatable bonds is 9. The summed E-state index contributed by atoms with van der Waals surface area (Å²) in [5, 5.41) is 5.63. The fraction of sp³-hybridized carbons (Fsp3) is 0.215. The summed E-state index contributed by atoms with van der Waals surface area (Å²) in [5.41, 5.74) is 32.9. The van der Waals surface area contributed by atoms with Crippen LogP contribution in [0.3, 0.4) is 0 Å². The summed E-state index contributed by atoms with van der Waals surface area (Å²) in [6.07, 6.45) is 0. The second kappa shape index (κ2) is 17.2. The maximum atomic E-state index is 2.51. The second-order valence-corrected chi connectivity index (χ2v) is 26.6. The first-order chi connectivity index (χ1) is 39.2. The summed E-state index contributed by atoms with van der Waals surface area (Å²) in [6, 6.07) is 74.5. The molecular weight excluding hydrogens is 991 g/mol. The van der Waals surface area contributed by atoms with Gasteiger partial charge < -0.3 is 14.7 Å². The van der Waals surface area contributed by atoms with Crippen LogP contribution in [0.1, 0.15) is 128 Å². The second-order valence-electron chi connectivity index (χ2n) is 26.6. The van der Waals surface area contributed by atoms with Crippen LogP contribution in [0, 0.1) is 34.6 Å². The summed E-state index contributed by atoms with van der Waals surface area (Å²) in [5.74, 6) is 0.